The van der Waals surface area contributed by atoms with Gasteiger partial charge in [0.15, 0.2) is 0 Å². The number of carbonyl (C=O) groups excluding carboxylic acids is 1. The van der Waals surface area contributed by atoms with Gasteiger partial charge in [0.05, 0.1) is 0 Å². The first kappa shape index (κ1) is 15.6. The van der Waals surface area contributed by atoms with E-state index in [1.807, 2.05) is 7.05 Å². The first-order valence-corrected chi connectivity index (χ1v) is 7.98. The molecule has 1 aromatic rings. The molecule has 110 valence electrons. The summed E-state index contributed by atoms with van der Waals surface area (Å²) in [6.07, 6.45) is 6.33. The highest BCUT2D eigenvalue weighted by Gasteiger charge is 2.32. The minimum absolute atomic E-state index is 0.0716. The molecule has 4 heteroatoms. The van der Waals surface area contributed by atoms with E-state index in [4.69, 9.17) is 0 Å². The average molecular weight is 342 g/mol. The van der Waals surface area contributed by atoms with E-state index in [1.54, 1.807) is 12.1 Å². The largest absolute Gasteiger partial charge is 0.314 e. The molecule has 0 saturated heterocycles. The zero-order valence-electron chi connectivity index (χ0n) is 11.8. The number of Topliss-reactive ketones (excluding diaryl/α,β-unsaturated/α-hetero) is 1. The first-order chi connectivity index (χ1) is 9.54. The van der Waals surface area contributed by atoms with Crippen LogP contribution >= 0.6 is 15.9 Å². The summed E-state index contributed by atoms with van der Waals surface area (Å²) in [4.78, 5) is 12.3. The smallest absolute Gasteiger partial charge is 0.139 e. The lowest BCUT2D eigenvalue weighted by Gasteiger charge is -2.36. The van der Waals surface area contributed by atoms with Gasteiger partial charge in [-0.1, -0.05) is 35.2 Å². The number of benzene rings is 1. The third-order valence-electron chi connectivity index (χ3n) is 4.27. The fourth-order valence-corrected chi connectivity index (χ4v) is 3.48. The molecular formula is C16H21BrFNO. The van der Waals surface area contributed by atoms with Crippen molar-refractivity contribution in [3.8, 4) is 0 Å². The Morgan fingerprint density at radius 2 is 2.05 bits per heavy atom. The van der Waals surface area contributed by atoms with Crippen LogP contribution in [0.25, 0.3) is 0 Å². The normalized spacial score (nSPS) is 17.9. The summed E-state index contributed by atoms with van der Waals surface area (Å²) in [5.74, 6) is -0.193. The quantitative estimate of drug-likeness (QED) is 0.876. The Bertz CT molecular complexity index is 483. The second kappa shape index (κ2) is 6.81. The number of ketones is 1. The van der Waals surface area contributed by atoms with Crippen LogP contribution in [0.4, 0.5) is 4.39 Å². The topological polar surface area (TPSA) is 29.1 Å². The average Bonchev–Trinajstić information content (AvgIpc) is 2.44. The van der Waals surface area contributed by atoms with Crippen molar-refractivity contribution in [1.82, 2.24) is 5.32 Å². The summed E-state index contributed by atoms with van der Waals surface area (Å²) in [7, 11) is 1.93. The second-order valence-electron chi connectivity index (χ2n) is 5.72. The number of hydrogen-bond donors (Lipinski definition) is 1. The maximum atomic E-state index is 13.7. The third kappa shape index (κ3) is 3.89. The highest BCUT2D eigenvalue weighted by atomic mass is 79.9. The summed E-state index contributed by atoms with van der Waals surface area (Å²) in [6, 6.07) is 4.75. The highest BCUT2D eigenvalue weighted by molar-refractivity contribution is 9.10. The minimum Gasteiger partial charge on any atom is -0.314 e. The number of carbonyl (C=O) groups is 1. The molecule has 1 saturated carbocycles. The molecule has 2 nitrogen and oxygen atoms in total. The molecule has 0 aromatic heterocycles. The molecule has 0 unspecified atom stereocenters. The second-order valence-corrected chi connectivity index (χ2v) is 6.63. The summed E-state index contributed by atoms with van der Waals surface area (Å²) in [6.45, 7) is 0. The molecule has 0 radical (unpaired) electrons. The van der Waals surface area contributed by atoms with Gasteiger partial charge in [-0.2, -0.15) is 0 Å². The molecule has 1 N–H and O–H groups in total. The molecule has 0 amide bonds. The van der Waals surface area contributed by atoms with Crippen LogP contribution in [0.15, 0.2) is 22.7 Å². The first-order valence-electron chi connectivity index (χ1n) is 7.19. The predicted molar refractivity (Wildman–Crippen MR) is 82.3 cm³/mol. The monoisotopic (exact) mass is 341 g/mol. The molecule has 1 fully saturated rings. The maximum absolute atomic E-state index is 13.7. The van der Waals surface area contributed by atoms with E-state index in [2.05, 4.69) is 21.2 Å². The van der Waals surface area contributed by atoms with Gasteiger partial charge in [-0.3, -0.25) is 4.79 Å². The summed E-state index contributed by atoms with van der Waals surface area (Å²) in [5.41, 5.74) is 0.407. The molecule has 1 aromatic carbocycles. The Labute approximate surface area is 128 Å². The van der Waals surface area contributed by atoms with Crippen molar-refractivity contribution < 1.29 is 9.18 Å². The molecular weight excluding hydrogens is 321 g/mol. The van der Waals surface area contributed by atoms with Crippen LogP contribution in [0.1, 0.15) is 44.1 Å². The molecule has 0 heterocycles. The fourth-order valence-electron chi connectivity index (χ4n) is 3.07. The van der Waals surface area contributed by atoms with Crippen LogP contribution in [-0.2, 0) is 11.2 Å². The Hall–Kier alpha value is -0.740. The summed E-state index contributed by atoms with van der Waals surface area (Å²) >= 11 is 3.32. The lowest BCUT2D eigenvalue weighted by molar-refractivity contribution is -0.120. The fraction of sp³-hybridized carbons (Fsp3) is 0.562. The molecule has 0 aliphatic heterocycles. The van der Waals surface area contributed by atoms with Gasteiger partial charge in [-0.05, 0) is 43.7 Å². The minimum atomic E-state index is -0.302. The van der Waals surface area contributed by atoms with Crippen molar-refractivity contribution in [3.05, 3.63) is 34.1 Å². The van der Waals surface area contributed by atoms with Gasteiger partial charge < -0.3 is 5.32 Å². The van der Waals surface area contributed by atoms with E-state index in [1.165, 1.54) is 25.3 Å². The Kier molecular flexibility index (Phi) is 5.33. The van der Waals surface area contributed by atoms with Crippen LogP contribution in [0.2, 0.25) is 0 Å². The van der Waals surface area contributed by atoms with E-state index >= 15 is 0 Å². The molecule has 0 atom stereocenters. The van der Waals surface area contributed by atoms with E-state index < -0.39 is 0 Å². The van der Waals surface area contributed by atoms with E-state index in [0.717, 1.165) is 17.3 Å². The molecule has 0 bridgehead atoms. The van der Waals surface area contributed by atoms with Crippen LogP contribution in [0, 0.1) is 5.82 Å². The summed E-state index contributed by atoms with van der Waals surface area (Å²) < 4.78 is 14.5. The molecule has 20 heavy (non-hydrogen) atoms. The van der Waals surface area contributed by atoms with Gasteiger partial charge in [-0.15, -0.1) is 0 Å². The number of halogens is 2. The Morgan fingerprint density at radius 1 is 1.35 bits per heavy atom. The van der Waals surface area contributed by atoms with Gasteiger partial charge >= 0.3 is 0 Å². The van der Waals surface area contributed by atoms with Gasteiger partial charge in [0.25, 0.3) is 0 Å². The van der Waals surface area contributed by atoms with Crippen LogP contribution in [-0.4, -0.2) is 18.4 Å². The number of rotatable bonds is 5. The molecule has 1 aliphatic carbocycles. The van der Waals surface area contributed by atoms with Crippen molar-refractivity contribution >= 4 is 21.7 Å². The molecule has 1 aliphatic rings. The third-order valence-corrected chi connectivity index (χ3v) is 4.77. The van der Waals surface area contributed by atoms with Crippen LogP contribution in [0.3, 0.4) is 0 Å². The van der Waals surface area contributed by atoms with E-state index in [9.17, 15) is 9.18 Å². The molecule has 2 rings (SSSR count). The lowest BCUT2D eigenvalue weighted by atomic mass is 9.78. The van der Waals surface area contributed by atoms with Gasteiger partial charge in [0, 0.05) is 22.9 Å². The molecule has 0 spiro atoms. The van der Waals surface area contributed by atoms with Gasteiger partial charge in [0.2, 0.25) is 0 Å². The standard InChI is InChI=1S/C16H21BrFNO/c1-19-16(7-3-2-4-8-16)11-14(20)10-12-9-13(17)5-6-15(12)18/h5-6,9,19H,2-4,7-8,10-11H2,1H3. The summed E-state index contributed by atoms with van der Waals surface area (Å²) in [5, 5.41) is 3.34. The van der Waals surface area contributed by atoms with Crippen LogP contribution < -0.4 is 5.32 Å². The number of nitrogens with one attached hydrogen (secondary N) is 1. The van der Waals surface area contributed by atoms with Gasteiger partial charge in [0.1, 0.15) is 11.6 Å². The Balaban J connectivity index is 2.02. The van der Waals surface area contributed by atoms with E-state index in [-0.39, 0.29) is 23.6 Å². The van der Waals surface area contributed by atoms with Crippen molar-refractivity contribution in [1.29, 1.82) is 0 Å². The zero-order chi connectivity index (χ0) is 14.6. The van der Waals surface area contributed by atoms with Crippen molar-refractivity contribution in [3.63, 3.8) is 0 Å². The van der Waals surface area contributed by atoms with Crippen molar-refractivity contribution in [2.24, 2.45) is 0 Å². The van der Waals surface area contributed by atoms with E-state index in [0.29, 0.717) is 12.0 Å². The van der Waals surface area contributed by atoms with Gasteiger partial charge in [-0.25, -0.2) is 4.39 Å². The maximum Gasteiger partial charge on any atom is 0.139 e. The highest BCUT2D eigenvalue weighted by Crippen LogP contribution is 2.31. The van der Waals surface area contributed by atoms with Crippen LogP contribution in [0.5, 0.6) is 0 Å². The van der Waals surface area contributed by atoms with Crippen molar-refractivity contribution in [2.45, 2.75) is 50.5 Å². The SMILES string of the molecule is CNC1(CC(=O)Cc2cc(Br)ccc2F)CCCCC1. The zero-order valence-corrected chi connectivity index (χ0v) is 13.4. The Morgan fingerprint density at radius 3 is 2.70 bits per heavy atom. The number of hydrogen-bond acceptors (Lipinski definition) is 2. The lowest BCUT2D eigenvalue weighted by Crippen LogP contribution is -2.46. The predicted octanol–water partition coefficient (Wildman–Crippen LogP) is 4.01. The van der Waals surface area contributed by atoms with Crippen molar-refractivity contribution in [2.75, 3.05) is 7.05 Å².